The maximum absolute atomic E-state index is 13.0. The number of nitrogens with zero attached hydrogens (tertiary/aromatic N) is 2. The van der Waals surface area contributed by atoms with E-state index in [1.54, 1.807) is 12.1 Å². The molecular weight excluding hydrogens is 470 g/mol. The van der Waals surface area contributed by atoms with Gasteiger partial charge in [-0.15, -0.1) is 0 Å². The van der Waals surface area contributed by atoms with Crippen LogP contribution in [0.25, 0.3) is 10.9 Å². The fourth-order valence-electron chi connectivity index (χ4n) is 4.66. The van der Waals surface area contributed by atoms with Crippen LogP contribution in [-0.4, -0.2) is 60.0 Å². The van der Waals surface area contributed by atoms with E-state index in [2.05, 4.69) is 18.7 Å². The second-order valence-electron chi connectivity index (χ2n) is 8.94. The Morgan fingerprint density at radius 3 is 2.24 bits per heavy atom. The normalized spacial score (nSPS) is 11.1. The molecule has 0 aliphatic carbocycles. The molecule has 0 aliphatic heterocycles. The molecule has 198 valence electrons. The fourth-order valence-corrected chi connectivity index (χ4v) is 4.66. The van der Waals surface area contributed by atoms with E-state index in [9.17, 15) is 14.4 Å². The summed E-state index contributed by atoms with van der Waals surface area (Å²) >= 11 is 0. The van der Waals surface area contributed by atoms with Crippen molar-refractivity contribution in [1.82, 2.24) is 9.47 Å². The van der Waals surface area contributed by atoms with Gasteiger partial charge in [-0.3, -0.25) is 14.5 Å². The van der Waals surface area contributed by atoms with Gasteiger partial charge in [0.2, 0.25) is 0 Å². The number of fused-ring (bicyclic) bond motifs is 1. The van der Waals surface area contributed by atoms with Crippen LogP contribution >= 0.6 is 0 Å². The van der Waals surface area contributed by atoms with Crippen LogP contribution in [-0.2, 0) is 27.3 Å². The summed E-state index contributed by atoms with van der Waals surface area (Å²) in [5.74, 6) is -1.98. The van der Waals surface area contributed by atoms with E-state index in [1.807, 2.05) is 47.9 Å². The number of benzene rings is 2. The van der Waals surface area contributed by atoms with Crippen LogP contribution in [0.4, 0.5) is 0 Å². The number of hydrogen-bond donors (Lipinski definition) is 1. The number of hydrogen-bond acceptors (Lipinski definition) is 6. The number of carbonyl (C=O) groups is 3. The van der Waals surface area contributed by atoms with Crippen LogP contribution in [0.15, 0.2) is 48.5 Å². The van der Waals surface area contributed by atoms with Crippen LogP contribution in [0.2, 0.25) is 0 Å². The number of ketones is 1. The number of Topliss-reactive ketones (excluding diaryl/α,β-unsaturated/α-hetero) is 1. The van der Waals surface area contributed by atoms with Gasteiger partial charge in [-0.25, -0.2) is 4.79 Å². The first-order chi connectivity index (χ1) is 17.9. The van der Waals surface area contributed by atoms with Crippen molar-refractivity contribution in [2.75, 3.05) is 32.8 Å². The number of carbonyl (C=O) groups excluding carboxylic acids is 3. The quantitative estimate of drug-likeness (QED) is 0.190. The SMILES string of the molecule is CCCN(CCC)CCOC(=O)COc1cccc2c1c(C(=O)C(N)=O)c(CC)n2Cc1ccccc1. The number of esters is 1. The molecule has 3 aromatic rings. The molecule has 0 atom stereocenters. The average molecular weight is 508 g/mol. The first-order valence-corrected chi connectivity index (χ1v) is 12.9. The Morgan fingerprint density at radius 2 is 1.62 bits per heavy atom. The van der Waals surface area contributed by atoms with Gasteiger partial charge in [-0.2, -0.15) is 0 Å². The summed E-state index contributed by atoms with van der Waals surface area (Å²) in [5, 5.41) is 0.476. The first-order valence-electron chi connectivity index (χ1n) is 12.9. The maximum Gasteiger partial charge on any atom is 0.344 e. The molecule has 1 amide bonds. The third-order valence-corrected chi connectivity index (χ3v) is 6.22. The van der Waals surface area contributed by atoms with Gasteiger partial charge in [-0.05, 0) is 50.0 Å². The summed E-state index contributed by atoms with van der Waals surface area (Å²) in [5.41, 5.74) is 8.10. The fraction of sp³-hybridized carbons (Fsp3) is 0.414. The standard InChI is InChI=1S/C29H37N3O5/c1-4-15-31(16-5-2)17-18-36-25(33)20-37-24-14-10-13-23-26(24)27(28(34)29(30)35)22(6-3)32(23)19-21-11-8-7-9-12-21/h7-14H,4-6,15-20H2,1-3H3,(H2,30,35). The van der Waals surface area contributed by atoms with Crippen molar-refractivity contribution in [3.8, 4) is 5.75 Å². The van der Waals surface area contributed by atoms with E-state index in [4.69, 9.17) is 15.2 Å². The molecule has 1 heterocycles. The highest BCUT2D eigenvalue weighted by Crippen LogP contribution is 2.35. The van der Waals surface area contributed by atoms with Gasteiger partial charge in [0.1, 0.15) is 12.4 Å². The van der Waals surface area contributed by atoms with Crippen LogP contribution < -0.4 is 10.5 Å². The van der Waals surface area contributed by atoms with Crippen molar-refractivity contribution in [2.24, 2.45) is 5.73 Å². The van der Waals surface area contributed by atoms with E-state index < -0.39 is 17.7 Å². The lowest BCUT2D eigenvalue weighted by Crippen LogP contribution is -2.30. The molecule has 8 nitrogen and oxygen atoms in total. The summed E-state index contributed by atoms with van der Waals surface area (Å²) in [6, 6.07) is 15.2. The monoisotopic (exact) mass is 507 g/mol. The minimum absolute atomic E-state index is 0.222. The second-order valence-corrected chi connectivity index (χ2v) is 8.94. The molecule has 1 aromatic heterocycles. The second kappa shape index (κ2) is 13.6. The Kier molecular flexibility index (Phi) is 10.3. The molecule has 0 bridgehead atoms. The highest BCUT2D eigenvalue weighted by Gasteiger charge is 2.27. The first kappa shape index (κ1) is 27.9. The van der Waals surface area contributed by atoms with Crippen molar-refractivity contribution in [1.29, 1.82) is 0 Å². The molecule has 37 heavy (non-hydrogen) atoms. The van der Waals surface area contributed by atoms with Crippen molar-refractivity contribution >= 4 is 28.6 Å². The minimum atomic E-state index is -1.04. The van der Waals surface area contributed by atoms with Gasteiger partial charge in [0, 0.05) is 18.8 Å². The van der Waals surface area contributed by atoms with E-state index in [1.165, 1.54) is 0 Å². The largest absolute Gasteiger partial charge is 0.481 e. The zero-order valence-corrected chi connectivity index (χ0v) is 22.0. The van der Waals surface area contributed by atoms with Gasteiger partial charge in [-0.1, -0.05) is 57.2 Å². The predicted octanol–water partition coefficient (Wildman–Crippen LogP) is 3.96. The highest BCUT2D eigenvalue weighted by atomic mass is 16.6. The molecule has 0 spiro atoms. The summed E-state index contributed by atoms with van der Waals surface area (Å²) in [6.07, 6.45) is 2.58. The van der Waals surface area contributed by atoms with Crippen molar-refractivity contribution in [2.45, 2.75) is 46.6 Å². The van der Waals surface area contributed by atoms with E-state index in [-0.39, 0.29) is 18.8 Å². The van der Waals surface area contributed by atoms with Crippen LogP contribution in [0.1, 0.15) is 55.2 Å². The third-order valence-electron chi connectivity index (χ3n) is 6.22. The maximum atomic E-state index is 13.0. The lowest BCUT2D eigenvalue weighted by Gasteiger charge is -2.20. The molecule has 0 saturated heterocycles. The molecule has 0 saturated carbocycles. The average Bonchev–Trinajstić information content (AvgIpc) is 3.21. The number of rotatable bonds is 15. The van der Waals surface area contributed by atoms with Crippen LogP contribution in [0.3, 0.4) is 0 Å². The molecule has 2 aromatic carbocycles. The van der Waals surface area contributed by atoms with Gasteiger partial charge in [0.05, 0.1) is 16.5 Å². The number of ether oxygens (including phenoxy) is 2. The summed E-state index contributed by atoms with van der Waals surface area (Å²) in [4.78, 5) is 39.6. The lowest BCUT2D eigenvalue weighted by atomic mass is 10.0. The van der Waals surface area contributed by atoms with E-state index >= 15 is 0 Å². The van der Waals surface area contributed by atoms with Gasteiger partial charge >= 0.3 is 5.97 Å². The number of primary amides is 1. The lowest BCUT2D eigenvalue weighted by molar-refractivity contribution is -0.146. The summed E-state index contributed by atoms with van der Waals surface area (Å²) in [6.45, 7) is 9.23. The Bertz CT molecular complexity index is 1210. The Balaban J connectivity index is 1.86. The predicted molar refractivity (Wildman–Crippen MR) is 144 cm³/mol. The third kappa shape index (κ3) is 6.98. The van der Waals surface area contributed by atoms with E-state index in [0.29, 0.717) is 36.3 Å². The smallest absolute Gasteiger partial charge is 0.344 e. The van der Waals surface area contributed by atoms with Gasteiger partial charge in [0.25, 0.3) is 11.7 Å². The van der Waals surface area contributed by atoms with Crippen LogP contribution in [0.5, 0.6) is 5.75 Å². The summed E-state index contributed by atoms with van der Waals surface area (Å²) < 4.78 is 13.3. The highest BCUT2D eigenvalue weighted by molar-refractivity contribution is 6.45. The summed E-state index contributed by atoms with van der Waals surface area (Å²) in [7, 11) is 0. The van der Waals surface area contributed by atoms with Gasteiger partial charge < -0.3 is 19.8 Å². The Hall–Kier alpha value is -3.65. The van der Waals surface area contributed by atoms with Crippen LogP contribution in [0, 0.1) is 0 Å². The molecule has 2 N–H and O–H groups in total. The minimum Gasteiger partial charge on any atom is -0.481 e. The number of aromatic nitrogens is 1. The molecule has 0 unspecified atom stereocenters. The van der Waals surface area contributed by atoms with Crippen molar-refractivity contribution in [3.63, 3.8) is 0 Å². The Morgan fingerprint density at radius 1 is 0.919 bits per heavy atom. The zero-order valence-electron chi connectivity index (χ0n) is 22.0. The number of amides is 1. The molecule has 3 rings (SSSR count). The van der Waals surface area contributed by atoms with E-state index in [0.717, 1.165) is 37.0 Å². The number of nitrogens with two attached hydrogens (primary N) is 1. The molecule has 0 radical (unpaired) electrons. The molecule has 0 aliphatic rings. The molecule has 0 fully saturated rings. The molecular formula is C29H37N3O5. The van der Waals surface area contributed by atoms with Crippen molar-refractivity contribution in [3.05, 3.63) is 65.4 Å². The topological polar surface area (TPSA) is 104 Å². The Labute approximate surface area is 218 Å². The van der Waals surface area contributed by atoms with Gasteiger partial charge in [0.15, 0.2) is 6.61 Å². The molecule has 8 heteroatoms. The van der Waals surface area contributed by atoms with Crippen molar-refractivity contribution < 1.29 is 23.9 Å². The zero-order chi connectivity index (χ0) is 26.8.